The van der Waals surface area contributed by atoms with Gasteiger partial charge in [0.2, 0.25) is 65.0 Å². The van der Waals surface area contributed by atoms with Crippen LogP contribution >= 0.6 is 0 Å². The summed E-state index contributed by atoms with van der Waals surface area (Å²) in [6, 6.07) is -14.6. The molecule has 0 aromatic carbocycles. The maximum Gasteiger partial charge on any atom is 0.408 e. The fourth-order valence-corrected chi connectivity index (χ4v) is 11.6. The summed E-state index contributed by atoms with van der Waals surface area (Å²) in [5.74, 6) is -11.3. The molecule has 586 valence electrons. The minimum Gasteiger partial charge on any atom is -0.467 e. The average Bonchev–Trinajstić information content (AvgIpc) is 0.805. The van der Waals surface area contributed by atoms with E-state index in [1.54, 1.807) is 60.6 Å². The zero-order chi connectivity index (χ0) is 79.6. The van der Waals surface area contributed by atoms with Crippen LogP contribution in [0.2, 0.25) is 0 Å². The highest BCUT2D eigenvalue weighted by Crippen LogP contribution is 2.24. The maximum atomic E-state index is 14.9. The monoisotopic (exact) mass is 1450 g/mol. The van der Waals surface area contributed by atoms with Crippen molar-refractivity contribution in [1.82, 2.24) is 61.3 Å². The lowest BCUT2D eigenvalue weighted by Gasteiger charge is -2.40. The Morgan fingerprint density at radius 2 is 0.824 bits per heavy atom. The largest absolute Gasteiger partial charge is 0.467 e. The Labute approximate surface area is 607 Å². The quantitative estimate of drug-likeness (QED) is 0.0314. The highest BCUT2D eigenvalue weighted by atomic mass is 16.6. The molecule has 9 N–H and O–H groups in total. The second kappa shape index (κ2) is 43.6. The lowest BCUT2D eigenvalue weighted by Crippen LogP contribution is -2.63. The van der Waals surface area contributed by atoms with Gasteiger partial charge in [0.25, 0.3) is 0 Å². The van der Waals surface area contributed by atoms with Crippen LogP contribution in [0, 0.1) is 41.4 Å². The van der Waals surface area contributed by atoms with Crippen LogP contribution in [0.3, 0.4) is 0 Å². The van der Waals surface area contributed by atoms with Crippen molar-refractivity contribution >= 4 is 77.0 Å². The van der Waals surface area contributed by atoms with Gasteiger partial charge in [-0.05, 0) is 135 Å². The van der Waals surface area contributed by atoms with Crippen molar-refractivity contribution in [2.45, 2.75) is 274 Å². The van der Waals surface area contributed by atoms with Crippen molar-refractivity contribution in [3.8, 4) is 0 Å². The van der Waals surface area contributed by atoms with Crippen molar-refractivity contribution in [1.29, 1.82) is 0 Å². The number of alkyl carbamates (subject to hydrolysis) is 1. The van der Waals surface area contributed by atoms with Gasteiger partial charge in [-0.25, -0.2) is 9.59 Å². The van der Waals surface area contributed by atoms with E-state index < -0.39 is 186 Å². The van der Waals surface area contributed by atoms with Gasteiger partial charge < -0.3 is 86.1 Å². The first-order valence-corrected chi connectivity index (χ1v) is 35.6. The molecular formula is C72H130N12O18. The van der Waals surface area contributed by atoms with Crippen LogP contribution < -0.4 is 31.9 Å². The molecule has 0 unspecified atom stereocenters. The molecule has 30 heteroatoms. The summed E-state index contributed by atoms with van der Waals surface area (Å²) < 4.78 is 10.0. The van der Waals surface area contributed by atoms with Gasteiger partial charge in [-0.1, -0.05) is 102 Å². The Hall–Kier alpha value is -7.47. The predicted octanol–water partition coefficient (Wildman–Crippen LogP) is 2.72. The predicted molar refractivity (Wildman–Crippen MR) is 387 cm³/mol. The minimum atomic E-state index is -1.64. The van der Waals surface area contributed by atoms with E-state index in [0.717, 1.165) is 26.7 Å². The van der Waals surface area contributed by atoms with Crippen LogP contribution in [0.5, 0.6) is 0 Å². The minimum absolute atomic E-state index is 0.0727. The molecule has 15 atom stereocenters. The molecule has 0 saturated heterocycles. The second-order valence-electron chi connectivity index (χ2n) is 30.8. The Morgan fingerprint density at radius 1 is 0.431 bits per heavy atom. The second-order valence-corrected chi connectivity index (χ2v) is 30.8. The molecule has 0 saturated carbocycles. The zero-order valence-corrected chi connectivity index (χ0v) is 66.4. The van der Waals surface area contributed by atoms with E-state index in [9.17, 15) is 77.6 Å². The van der Waals surface area contributed by atoms with Crippen LogP contribution in [0.25, 0.3) is 0 Å². The zero-order valence-electron chi connectivity index (χ0n) is 66.4. The Bertz CT molecular complexity index is 2820. The Morgan fingerprint density at radius 3 is 1.22 bits per heavy atom. The normalized spacial score (nSPS) is 16.3. The van der Waals surface area contributed by atoms with Gasteiger partial charge in [0, 0.05) is 42.3 Å². The summed E-state index contributed by atoms with van der Waals surface area (Å²) >= 11 is 0. The van der Waals surface area contributed by atoms with Crippen LogP contribution in [0.1, 0.15) is 184 Å². The molecule has 12 amide bonds. The number of aliphatic hydroxyl groups is 3. The number of carbonyl (C=O) groups excluding carboxylic acids is 13. The van der Waals surface area contributed by atoms with Gasteiger partial charge in [0.1, 0.15) is 66.0 Å². The number of hydrogen-bond donors (Lipinski definition) is 9. The molecule has 0 aliphatic rings. The molecule has 0 aliphatic carbocycles. The van der Waals surface area contributed by atoms with Crippen molar-refractivity contribution in [3.05, 3.63) is 12.2 Å². The number of methoxy groups -OCH3 is 1. The van der Waals surface area contributed by atoms with Crippen LogP contribution in [-0.2, 0) is 67.0 Å². The third-order valence-electron chi connectivity index (χ3n) is 17.3. The molecule has 0 aliphatic heterocycles. The number of hydrogen-bond acceptors (Lipinski definition) is 18. The highest BCUT2D eigenvalue weighted by molar-refractivity contribution is 5.99. The number of nitrogens with zero attached hydrogens (tertiary/aromatic N) is 6. The summed E-state index contributed by atoms with van der Waals surface area (Å²) in [5, 5.41) is 48.4. The third kappa shape index (κ3) is 30.5. The molecule has 0 heterocycles. The molecule has 0 fully saturated rings. The Balaban J connectivity index is 6.91. The summed E-state index contributed by atoms with van der Waals surface area (Å²) in [4.78, 5) is 190. The van der Waals surface area contributed by atoms with E-state index in [1.165, 1.54) is 79.8 Å². The lowest BCUT2D eigenvalue weighted by atomic mass is 9.91. The van der Waals surface area contributed by atoms with Gasteiger partial charge in [-0.15, -0.1) is 0 Å². The first-order chi connectivity index (χ1) is 46.8. The number of rotatable bonds is 41. The average molecular weight is 1450 g/mol. The van der Waals surface area contributed by atoms with E-state index in [4.69, 9.17) is 9.47 Å². The van der Waals surface area contributed by atoms with E-state index in [-0.39, 0.29) is 61.7 Å². The number of aliphatic hydroxyl groups excluding tert-OH is 3. The summed E-state index contributed by atoms with van der Waals surface area (Å²) in [7, 11) is 9.20. The van der Waals surface area contributed by atoms with Crippen molar-refractivity contribution in [2.75, 3.05) is 55.9 Å². The Kier molecular flexibility index (Phi) is 40.4. The van der Waals surface area contributed by atoms with Crippen LogP contribution in [-0.4, -0.2) is 268 Å². The highest BCUT2D eigenvalue weighted by Gasteiger charge is 2.45. The third-order valence-corrected chi connectivity index (χ3v) is 17.3. The molecule has 0 aromatic heterocycles. The van der Waals surface area contributed by atoms with E-state index >= 15 is 0 Å². The lowest BCUT2D eigenvalue weighted by molar-refractivity contribution is -0.156. The smallest absolute Gasteiger partial charge is 0.408 e. The summed E-state index contributed by atoms with van der Waals surface area (Å²) in [5.41, 5.74) is -0.912. The van der Waals surface area contributed by atoms with Gasteiger partial charge in [-0.3, -0.25) is 52.7 Å². The number of allylic oxidation sites excluding steroid dienone is 2. The molecular weight excluding hydrogens is 1320 g/mol. The molecule has 0 spiro atoms. The van der Waals surface area contributed by atoms with E-state index in [2.05, 4.69) is 31.9 Å². The molecule has 30 nitrogen and oxygen atoms in total. The summed E-state index contributed by atoms with van der Waals surface area (Å²) in [6.07, 6.45) is -0.962. The summed E-state index contributed by atoms with van der Waals surface area (Å²) in [6.45, 7) is 34.7. The topological polar surface area (TPSA) is 393 Å². The van der Waals surface area contributed by atoms with Crippen LogP contribution in [0.4, 0.5) is 4.79 Å². The molecule has 102 heavy (non-hydrogen) atoms. The standard InChI is InChI=1S/C72H130N12O18/c1-29-30-31-44(14)59(88)58(64(93)77-56(48(18)86)70(99)101-28)84(27)69(98)57(43(12)13)83(26)67(96)50(33-39(4)5)76-63(92)53(36-42(10)11)81(24)65(94)46(16)74-60(89)45(15)73-61(90)52(35-41(8)9)82(25)66(95)49(32-38(2)3)75-62(91)51(34-40(6)7)80(23)54(87)37-79(22)68(97)55(47(17)85)78-71(100)102-72(19,20)21/h29-30,38-53,55-59,85-86,88H,31-37H2,1-28H3,(H,73,90)(H,74,89)(H,75,91)(H,76,92)(H,77,93)(H,78,100)/b30-29+/t44-,45+,46-,47-,48-,49+,50+,51+,52+,53+,55+,56+,57+,58+,59-/m1/s1. The number of carbonyl (C=O) groups is 13. The first kappa shape index (κ1) is 94.5. The van der Waals surface area contributed by atoms with Crippen molar-refractivity contribution in [2.24, 2.45) is 41.4 Å². The van der Waals surface area contributed by atoms with Crippen molar-refractivity contribution in [3.63, 3.8) is 0 Å². The molecule has 0 radical (unpaired) electrons. The fraction of sp³-hybridized carbons (Fsp3) is 0.792. The molecule has 0 aromatic rings. The van der Waals surface area contributed by atoms with Crippen molar-refractivity contribution < 1.29 is 87.1 Å². The van der Waals surface area contributed by atoms with Gasteiger partial charge in [-0.2, -0.15) is 0 Å². The van der Waals surface area contributed by atoms with E-state index in [0.29, 0.717) is 6.42 Å². The number of ether oxygens (including phenoxy) is 2. The SMILES string of the molecule is C/C=C/C[C@@H](C)[C@@H](O)[C@@H](C(=O)N[C@H](C(=O)OC)[C@@H](C)O)N(C)C(=O)[C@H](C(C)C)N(C)C(=O)[C@H](CC(C)C)NC(=O)[C@H](CC(C)C)N(C)C(=O)[C@@H](C)NC(=O)[C@H](C)NC(=O)[C@H](CC(C)C)N(C)C(=O)[C@H](CC(C)C)NC(=O)[C@H](CC(C)C)N(C)C(=O)CN(C)C(=O)[C@@H](NC(=O)OC(C)(C)C)[C@@H](C)O. The molecule has 0 rings (SSSR count). The maximum absolute atomic E-state index is 14.9. The number of amides is 12. The van der Waals surface area contributed by atoms with Gasteiger partial charge in [0.05, 0.1) is 32.0 Å². The number of esters is 1. The van der Waals surface area contributed by atoms with E-state index in [1.807, 2.05) is 69.2 Å². The fourth-order valence-electron chi connectivity index (χ4n) is 11.6. The number of likely N-dealkylation sites (N-methyl/N-ethyl adjacent to an activating group) is 6. The van der Waals surface area contributed by atoms with Gasteiger partial charge >= 0.3 is 12.1 Å². The first-order valence-electron chi connectivity index (χ1n) is 35.6. The van der Waals surface area contributed by atoms with Gasteiger partial charge in [0.15, 0.2) is 6.04 Å². The molecule has 0 bridgehead atoms. The van der Waals surface area contributed by atoms with Crippen LogP contribution in [0.15, 0.2) is 12.2 Å². The number of nitrogens with one attached hydrogen (secondary N) is 6.